The van der Waals surface area contributed by atoms with E-state index in [1.165, 1.54) is 21.1 Å². The Hall–Kier alpha value is -0.690. The molecule has 1 rings (SSSR count). The van der Waals surface area contributed by atoms with Crippen LogP contribution in [-0.4, -0.2) is 58.5 Å². The Morgan fingerprint density at radius 1 is 1.12 bits per heavy atom. The van der Waals surface area contributed by atoms with Crippen molar-refractivity contribution in [1.29, 1.82) is 0 Å². The molecular formula is C10H18O6. The maximum atomic E-state index is 11.0. The number of rotatable bonds is 4. The Kier molecular flexibility index (Phi) is 5.14. The van der Waals surface area contributed by atoms with Gasteiger partial charge in [0.15, 0.2) is 12.4 Å². The topological polar surface area (TPSA) is 63.2 Å². The zero-order chi connectivity index (χ0) is 12.1. The molecule has 0 radical (unpaired) electrons. The molecule has 0 N–H and O–H groups in total. The van der Waals surface area contributed by atoms with Gasteiger partial charge in [-0.05, 0) is 0 Å². The van der Waals surface area contributed by atoms with Crippen LogP contribution >= 0.6 is 0 Å². The van der Waals surface area contributed by atoms with E-state index < -0.39 is 24.5 Å². The van der Waals surface area contributed by atoms with Crippen LogP contribution in [0, 0.1) is 0 Å². The van der Waals surface area contributed by atoms with Gasteiger partial charge in [0.05, 0.1) is 6.61 Å². The van der Waals surface area contributed by atoms with Gasteiger partial charge in [0, 0.05) is 28.3 Å². The third-order valence-electron chi connectivity index (χ3n) is 2.49. The van der Waals surface area contributed by atoms with E-state index in [-0.39, 0.29) is 6.10 Å². The fourth-order valence-electron chi connectivity index (χ4n) is 1.75. The van der Waals surface area contributed by atoms with Gasteiger partial charge in [-0.2, -0.15) is 0 Å². The fraction of sp³-hybridized carbons (Fsp3) is 0.900. The normalized spacial score (nSPS) is 34.8. The summed E-state index contributed by atoms with van der Waals surface area (Å²) in [4.78, 5) is 11.0. The maximum Gasteiger partial charge on any atom is 0.303 e. The Morgan fingerprint density at radius 2 is 1.81 bits per heavy atom. The maximum absolute atomic E-state index is 11.0. The third-order valence-corrected chi connectivity index (χ3v) is 2.49. The molecule has 1 heterocycles. The number of hydrogen-bond acceptors (Lipinski definition) is 6. The summed E-state index contributed by atoms with van der Waals surface area (Å²) in [5, 5.41) is 0. The number of hydrogen-bond donors (Lipinski definition) is 0. The molecule has 0 aliphatic carbocycles. The summed E-state index contributed by atoms with van der Waals surface area (Å²) < 4.78 is 26.1. The third kappa shape index (κ3) is 2.91. The standard InChI is InChI=1S/C10H18O6/c1-6(11)16-9-8(13-3)7(12-2)5-15-10(9)14-4/h7-10H,5H2,1-4H3/t7-,8+,9-,10+/m1/s1. The average molecular weight is 234 g/mol. The lowest BCUT2D eigenvalue weighted by Crippen LogP contribution is -2.56. The van der Waals surface area contributed by atoms with Crippen LogP contribution in [0.4, 0.5) is 0 Å². The predicted octanol–water partition coefficient (Wildman–Crippen LogP) is -0.0492. The quantitative estimate of drug-likeness (QED) is 0.635. The summed E-state index contributed by atoms with van der Waals surface area (Å²) in [6, 6.07) is 0. The molecule has 1 fully saturated rings. The summed E-state index contributed by atoms with van der Waals surface area (Å²) in [7, 11) is 4.57. The second kappa shape index (κ2) is 6.15. The number of ether oxygens (including phenoxy) is 5. The predicted molar refractivity (Wildman–Crippen MR) is 53.9 cm³/mol. The molecule has 0 aromatic heterocycles. The van der Waals surface area contributed by atoms with Crippen molar-refractivity contribution in [3.8, 4) is 0 Å². The summed E-state index contributed by atoms with van der Waals surface area (Å²) in [5.41, 5.74) is 0. The SMILES string of the molecule is CO[C@H]1OC[C@@H](OC)[C@H](OC)[C@H]1OC(C)=O. The number of carbonyl (C=O) groups excluding carboxylic acids is 1. The highest BCUT2D eigenvalue weighted by molar-refractivity contribution is 5.66. The van der Waals surface area contributed by atoms with E-state index >= 15 is 0 Å². The van der Waals surface area contributed by atoms with E-state index in [9.17, 15) is 4.79 Å². The van der Waals surface area contributed by atoms with Crippen LogP contribution in [-0.2, 0) is 28.5 Å². The van der Waals surface area contributed by atoms with Crippen molar-refractivity contribution in [1.82, 2.24) is 0 Å². The second-order valence-electron chi connectivity index (χ2n) is 3.49. The molecule has 94 valence electrons. The molecule has 1 saturated heterocycles. The van der Waals surface area contributed by atoms with Crippen LogP contribution in [0.1, 0.15) is 6.92 Å². The van der Waals surface area contributed by atoms with Gasteiger partial charge >= 0.3 is 5.97 Å². The van der Waals surface area contributed by atoms with Gasteiger partial charge in [0.25, 0.3) is 0 Å². The van der Waals surface area contributed by atoms with Crippen LogP contribution in [0.5, 0.6) is 0 Å². The minimum absolute atomic E-state index is 0.277. The average Bonchev–Trinajstić information content (AvgIpc) is 2.27. The van der Waals surface area contributed by atoms with Crippen LogP contribution in [0.2, 0.25) is 0 Å². The van der Waals surface area contributed by atoms with E-state index in [1.54, 1.807) is 7.11 Å². The Morgan fingerprint density at radius 3 is 2.25 bits per heavy atom. The number of methoxy groups -OCH3 is 3. The van der Waals surface area contributed by atoms with Crippen molar-refractivity contribution in [2.75, 3.05) is 27.9 Å². The minimum atomic E-state index is -0.625. The summed E-state index contributed by atoms with van der Waals surface area (Å²) >= 11 is 0. The van der Waals surface area contributed by atoms with Crippen LogP contribution in [0.3, 0.4) is 0 Å². The van der Waals surface area contributed by atoms with Gasteiger partial charge in [0.2, 0.25) is 0 Å². The molecular weight excluding hydrogens is 216 g/mol. The van der Waals surface area contributed by atoms with Crippen molar-refractivity contribution in [3.63, 3.8) is 0 Å². The van der Waals surface area contributed by atoms with Crippen LogP contribution in [0.25, 0.3) is 0 Å². The lowest BCUT2D eigenvalue weighted by molar-refractivity contribution is -0.275. The first-order valence-corrected chi connectivity index (χ1v) is 5.01. The van der Waals surface area contributed by atoms with Gasteiger partial charge in [0.1, 0.15) is 12.2 Å². The molecule has 0 bridgehead atoms. The zero-order valence-electron chi connectivity index (χ0n) is 9.97. The van der Waals surface area contributed by atoms with Crippen LogP contribution in [0.15, 0.2) is 0 Å². The largest absolute Gasteiger partial charge is 0.454 e. The molecule has 6 heteroatoms. The molecule has 1 aliphatic heterocycles. The van der Waals surface area contributed by atoms with Crippen molar-refractivity contribution in [2.24, 2.45) is 0 Å². The fourth-order valence-corrected chi connectivity index (χ4v) is 1.75. The highest BCUT2D eigenvalue weighted by atomic mass is 16.7. The van der Waals surface area contributed by atoms with E-state index in [4.69, 9.17) is 23.7 Å². The van der Waals surface area contributed by atoms with Gasteiger partial charge in [-0.1, -0.05) is 0 Å². The lowest BCUT2D eigenvalue weighted by Gasteiger charge is -2.39. The van der Waals surface area contributed by atoms with Crippen molar-refractivity contribution in [3.05, 3.63) is 0 Å². The first-order chi connectivity index (χ1) is 7.63. The first kappa shape index (κ1) is 13.4. The molecule has 0 spiro atoms. The van der Waals surface area contributed by atoms with E-state index in [2.05, 4.69) is 0 Å². The zero-order valence-corrected chi connectivity index (χ0v) is 9.97. The van der Waals surface area contributed by atoms with E-state index in [0.717, 1.165) is 0 Å². The molecule has 0 aromatic rings. The lowest BCUT2D eigenvalue weighted by atomic mass is 10.0. The molecule has 0 amide bonds. The first-order valence-electron chi connectivity index (χ1n) is 5.01. The van der Waals surface area contributed by atoms with Gasteiger partial charge in [-0.15, -0.1) is 0 Å². The number of esters is 1. The molecule has 0 unspecified atom stereocenters. The van der Waals surface area contributed by atoms with Gasteiger partial charge < -0.3 is 23.7 Å². The monoisotopic (exact) mass is 234 g/mol. The number of carbonyl (C=O) groups is 1. The van der Waals surface area contributed by atoms with Crippen molar-refractivity contribution < 1.29 is 28.5 Å². The Balaban J connectivity index is 2.77. The van der Waals surface area contributed by atoms with Crippen LogP contribution < -0.4 is 0 Å². The molecule has 6 nitrogen and oxygen atoms in total. The van der Waals surface area contributed by atoms with Gasteiger partial charge in [-0.3, -0.25) is 4.79 Å². The molecule has 0 saturated carbocycles. The highest BCUT2D eigenvalue weighted by Crippen LogP contribution is 2.23. The van der Waals surface area contributed by atoms with E-state index in [0.29, 0.717) is 6.61 Å². The molecule has 16 heavy (non-hydrogen) atoms. The summed E-state index contributed by atoms with van der Waals surface area (Å²) in [6.45, 7) is 1.67. The summed E-state index contributed by atoms with van der Waals surface area (Å²) in [6.07, 6.45) is -1.92. The smallest absolute Gasteiger partial charge is 0.303 e. The minimum Gasteiger partial charge on any atom is -0.454 e. The van der Waals surface area contributed by atoms with Crippen molar-refractivity contribution >= 4 is 5.97 Å². The molecule has 1 aliphatic rings. The Labute approximate surface area is 94.7 Å². The van der Waals surface area contributed by atoms with Gasteiger partial charge in [-0.25, -0.2) is 0 Å². The molecule has 4 atom stereocenters. The highest BCUT2D eigenvalue weighted by Gasteiger charge is 2.43. The van der Waals surface area contributed by atoms with E-state index in [1.807, 2.05) is 0 Å². The second-order valence-corrected chi connectivity index (χ2v) is 3.49. The molecule has 0 aromatic carbocycles. The van der Waals surface area contributed by atoms with Crippen molar-refractivity contribution in [2.45, 2.75) is 31.5 Å². The summed E-state index contributed by atoms with van der Waals surface area (Å²) in [5.74, 6) is -0.408. The Bertz CT molecular complexity index is 231.